The Labute approximate surface area is 191 Å². The summed E-state index contributed by atoms with van der Waals surface area (Å²) in [5, 5.41) is 12.0. The molecule has 7 nitrogen and oxygen atoms in total. The fourth-order valence-corrected chi connectivity index (χ4v) is 4.38. The fourth-order valence-electron chi connectivity index (χ4n) is 4.03. The summed E-state index contributed by atoms with van der Waals surface area (Å²) in [6.07, 6.45) is -0.859. The molecule has 160 valence electrons. The molecule has 0 spiro atoms. The molecule has 1 aromatic heterocycles. The number of hydrogen-bond donors (Lipinski definition) is 2. The monoisotopic (exact) mass is 492 g/mol. The molecule has 1 atom stereocenters. The van der Waals surface area contributed by atoms with Crippen molar-refractivity contribution in [2.75, 3.05) is 6.61 Å². The number of ether oxygens (including phenoxy) is 1. The molecule has 1 heterocycles. The molecule has 0 bridgehead atoms. The number of alkyl carbamates (subject to hydrolysis) is 1. The number of aliphatic carboxylic acids is 1. The number of benzene rings is 3. The summed E-state index contributed by atoms with van der Waals surface area (Å²) in [7, 11) is 0. The van der Waals surface area contributed by atoms with E-state index in [2.05, 4.69) is 26.2 Å². The van der Waals surface area contributed by atoms with Crippen LogP contribution in [0.3, 0.4) is 0 Å². The number of carboxylic acids is 1. The first-order valence-electron chi connectivity index (χ1n) is 9.91. The van der Waals surface area contributed by atoms with Crippen molar-refractivity contribution in [1.82, 2.24) is 10.3 Å². The van der Waals surface area contributed by atoms with Crippen LogP contribution in [0.1, 0.15) is 29.0 Å². The maximum atomic E-state index is 12.5. The lowest BCUT2D eigenvalue weighted by Gasteiger charge is -2.16. The van der Waals surface area contributed by atoms with Crippen LogP contribution >= 0.6 is 15.9 Å². The van der Waals surface area contributed by atoms with Crippen molar-refractivity contribution >= 4 is 39.1 Å². The van der Waals surface area contributed by atoms with Gasteiger partial charge in [-0.25, -0.2) is 14.6 Å². The van der Waals surface area contributed by atoms with Crippen LogP contribution in [0.5, 0.6) is 0 Å². The molecule has 32 heavy (non-hydrogen) atoms. The summed E-state index contributed by atoms with van der Waals surface area (Å²) in [6.45, 7) is 0.0761. The average Bonchev–Trinajstić information content (AvgIpc) is 3.34. The zero-order chi connectivity index (χ0) is 22.2. The van der Waals surface area contributed by atoms with E-state index in [1.165, 1.54) is 0 Å². The van der Waals surface area contributed by atoms with E-state index in [4.69, 9.17) is 9.15 Å². The Morgan fingerprint density at radius 1 is 1.06 bits per heavy atom. The normalized spacial score (nSPS) is 13.4. The van der Waals surface area contributed by atoms with Gasteiger partial charge in [0.1, 0.15) is 12.1 Å². The van der Waals surface area contributed by atoms with E-state index in [1.54, 1.807) is 18.2 Å². The molecule has 0 saturated carbocycles. The molecule has 1 aliphatic carbocycles. The number of hydrogen-bond acceptors (Lipinski definition) is 5. The van der Waals surface area contributed by atoms with E-state index < -0.39 is 18.1 Å². The smallest absolute Gasteiger partial charge is 0.408 e. The number of nitrogens with one attached hydrogen (secondary N) is 1. The first-order valence-corrected chi connectivity index (χ1v) is 10.7. The molecular formula is C24H17BrN2O5. The lowest BCUT2D eigenvalue weighted by atomic mass is 9.98. The summed E-state index contributed by atoms with van der Waals surface area (Å²) in [4.78, 5) is 28.5. The van der Waals surface area contributed by atoms with Gasteiger partial charge in [-0.3, -0.25) is 5.32 Å². The minimum absolute atomic E-state index is 0.0761. The van der Waals surface area contributed by atoms with Gasteiger partial charge in [0.25, 0.3) is 0 Å². The first kappa shape index (κ1) is 20.3. The van der Waals surface area contributed by atoms with Crippen molar-refractivity contribution in [1.29, 1.82) is 0 Å². The van der Waals surface area contributed by atoms with Gasteiger partial charge >= 0.3 is 12.1 Å². The van der Waals surface area contributed by atoms with E-state index in [-0.39, 0.29) is 18.4 Å². The second kappa shape index (κ2) is 8.12. The largest absolute Gasteiger partial charge is 0.479 e. The highest BCUT2D eigenvalue weighted by molar-refractivity contribution is 9.10. The van der Waals surface area contributed by atoms with E-state index in [1.807, 2.05) is 48.5 Å². The minimum Gasteiger partial charge on any atom is -0.479 e. The average molecular weight is 493 g/mol. The Morgan fingerprint density at radius 3 is 2.38 bits per heavy atom. The molecule has 1 amide bonds. The predicted octanol–water partition coefficient (Wildman–Crippen LogP) is 5.25. The van der Waals surface area contributed by atoms with Crippen molar-refractivity contribution in [3.63, 3.8) is 0 Å². The molecule has 2 N–H and O–H groups in total. The number of halogens is 1. The number of nitrogens with zero attached hydrogens (tertiary/aromatic N) is 1. The third kappa shape index (κ3) is 3.62. The highest BCUT2D eigenvalue weighted by atomic mass is 79.9. The minimum atomic E-state index is -1.48. The quantitative estimate of drug-likeness (QED) is 0.394. The number of rotatable bonds is 5. The molecule has 1 aliphatic rings. The van der Waals surface area contributed by atoms with E-state index in [0.29, 0.717) is 11.1 Å². The fraction of sp³-hybridized carbons (Fsp3) is 0.125. The van der Waals surface area contributed by atoms with E-state index in [9.17, 15) is 14.7 Å². The van der Waals surface area contributed by atoms with Crippen LogP contribution in [0.15, 0.2) is 75.6 Å². The van der Waals surface area contributed by atoms with Crippen LogP contribution < -0.4 is 5.32 Å². The number of carbonyl (C=O) groups is 2. The van der Waals surface area contributed by atoms with Gasteiger partial charge < -0.3 is 14.3 Å². The molecule has 4 aromatic rings. The maximum Gasteiger partial charge on any atom is 0.408 e. The molecule has 0 saturated heterocycles. The van der Waals surface area contributed by atoms with E-state index in [0.717, 1.165) is 26.7 Å². The summed E-state index contributed by atoms with van der Waals surface area (Å²) >= 11 is 3.34. The van der Waals surface area contributed by atoms with E-state index >= 15 is 0 Å². The summed E-state index contributed by atoms with van der Waals surface area (Å²) < 4.78 is 11.8. The van der Waals surface area contributed by atoms with Gasteiger partial charge in [0.15, 0.2) is 5.58 Å². The maximum absolute atomic E-state index is 12.5. The standard InChI is InChI=1S/C24H17BrN2O5/c25-13-9-10-20-19(11-13)26-22(32-20)21(23(28)29)27-24(30)31-12-18-16-7-3-1-5-14(16)15-6-2-4-8-17(15)18/h1-11,18,21H,12H2,(H,27,30)(H,28,29). The molecule has 8 heteroatoms. The van der Waals surface area contributed by atoms with Crippen molar-refractivity contribution in [3.05, 3.63) is 88.2 Å². The third-order valence-corrected chi connectivity index (χ3v) is 5.96. The van der Waals surface area contributed by atoms with Gasteiger partial charge in [-0.05, 0) is 40.5 Å². The second-order valence-corrected chi connectivity index (χ2v) is 8.32. The van der Waals surface area contributed by atoms with Gasteiger partial charge in [0, 0.05) is 10.4 Å². The number of oxazole rings is 1. The molecular weight excluding hydrogens is 476 g/mol. The zero-order valence-corrected chi connectivity index (χ0v) is 18.2. The summed E-state index contributed by atoms with van der Waals surface area (Å²) in [5.74, 6) is -1.55. The third-order valence-electron chi connectivity index (χ3n) is 5.47. The van der Waals surface area contributed by atoms with Crippen LogP contribution in [0.25, 0.3) is 22.2 Å². The number of carbonyl (C=O) groups excluding carboxylic acids is 1. The van der Waals surface area contributed by atoms with Crippen molar-refractivity contribution < 1.29 is 23.8 Å². The van der Waals surface area contributed by atoms with Gasteiger partial charge in [-0.1, -0.05) is 64.5 Å². The highest BCUT2D eigenvalue weighted by Crippen LogP contribution is 2.44. The summed E-state index contributed by atoms with van der Waals surface area (Å²) in [6, 6.07) is 19.6. The Kier molecular flexibility index (Phi) is 5.14. The molecule has 3 aromatic carbocycles. The Balaban J connectivity index is 1.33. The Morgan fingerprint density at radius 2 is 1.72 bits per heavy atom. The number of carboxylic acid groups (broad SMARTS) is 1. The number of aromatic nitrogens is 1. The number of fused-ring (bicyclic) bond motifs is 4. The topological polar surface area (TPSA) is 102 Å². The van der Waals surface area contributed by atoms with Crippen molar-refractivity contribution in [3.8, 4) is 11.1 Å². The van der Waals surface area contributed by atoms with Crippen LogP contribution in [-0.4, -0.2) is 28.8 Å². The van der Waals surface area contributed by atoms with Gasteiger partial charge in [0.2, 0.25) is 11.9 Å². The van der Waals surface area contributed by atoms with Gasteiger partial charge in [0.05, 0.1) is 0 Å². The zero-order valence-electron chi connectivity index (χ0n) is 16.6. The Hall–Kier alpha value is -3.65. The highest BCUT2D eigenvalue weighted by Gasteiger charge is 2.31. The molecule has 0 radical (unpaired) electrons. The van der Waals surface area contributed by atoms with Crippen molar-refractivity contribution in [2.45, 2.75) is 12.0 Å². The molecule has 1 unspecified atom stereocenters. The lowest BCUT2D eigenvalue weighted by Crippen LogP contribution is -2.35. The van der Waals surface area contributed by atoms with Crippen LogP contribution in [0, 0.1) is 0 Å². The van der Waals surface area contributed by atoms with Crippen LogP contribution in [-0.2, 0) is 9.53 Å². The summed E-state index contributed by atoms with van der Waals surface area (Å²) in [5.41, 5.74) is 5.26. The lowest BCUT2D eigenvalue weighted by molar-refractivity contribution is -0.140. The second-order valence-electron chi connectivity index (χ2n) is 7.41. The van der Waals surface area contributed by atoms with Gasteiger partial charge in [-0.2, -0.15) is 0 Å². The predicted molar refractivity (Wildman–Crippen MR) is 120 cm³/mol. The molecule has 0 aliphatic heterocycles. The first-order chi connectivity index (χ1) is 15.5. The number of amides is 1. The van der Waals surface area contributed by atoms with Gasteiger partial charge in [-0.15, -0.1) is 0 Å². The molecule has 0 fully saturated rings. The van der Waals surface area contributed by atoms with Crippen LogP contribution in [0.2, 0.25) is 0 Å². The SMILES string of the molecule is O=C(NC(C(=O)O)c1nc2cc(Br)ccc2o1)OCC1c2ccccc2-c2ccccc21. The van der Waals surface area contributed by atoms with Crippen molar-refractivity contribution in [2.24, 2.45) is 0 Å². The Bertz CT molecular complexity index is 1300. The van der Waals surface area contributed by atoms with Crippen LogP contribution in [0.4, 0.5) is 4.79 Å². The molecule has 5 rings (SSSR count).